The van der Waals surface area contributed by atoms with Crippen molar-refractivity contribution in [1.82, 2.24) is 0 Å². The van der Waals surface area contributed by atoms with Crippen molar-refractivity contribution >= 4 is 17.1 Å². The van der Waals surface area contributed by atoms with E-state index < -0.39 is 0 Å². The van der Waals surface area contributed by atoms with E-state index in [9.17, 15) is 10.1 Å². The quantitative estimate of drug-likeness (QED) is 0.560. The van der Waals surface area contributed by atoms with Crippen molar-refractivity contribution in [2.45, 2.75) is 52.0 Å². The van der Waals surface area contributed by atoms with E-state index in [0.717, 1.165) is 24.3 Å². The third-order valence-corrected chi connectivity index (χ3v) is 5.20. The summed E-state index contributed by atoms with van der Waals surface area (Å²) >= 11 is 0. The molecule has 2 aromatic carbocycles. The first kappa shape index (κ1) is 19.2. The highest BCUT2D eigenvalue weighted by molar-refractivity contribution is 5.69. The van der Waals surface area contributed by atoms with Crippen LogP contribution in [0, 0.1) is 10.1 Å². The Morgan fingerprint density at radius 1 is 1.04 bits per heavy atom. The summed E-state index contributed by atoms with van der Waals surface area (Å²) in [6, 6.07) is 13.9. The molecular weight excluding hydrogens is 338 g/mol. The van der Waals surface area contributed by atoms with E-state index in [4.69, 9.17) is 0 Å². The van der Waals surface area contributed by atoms with Crippen LogP contribution in [0.5, 0.6) is 0 Å². The van der Waals surface area contributed by atoms with Gasteiger partial charge in [0.2, 0.25) is 0 Å². The monoisotopic (exact) mass is 367 g/mol. The lowest BCUT2D eigenvalue weighted by Crippen LogP contribution is -2.29. The molecule has 0 aliphatic carbocycles. The van der Waals surface area contributed by atoms with Gasteiger partial charge in [-0.05, 0) is 47.9 Å². The molecule has 1 aliphatic heterocycles. The summed E-state index contributed by atoms with van der Waals surface area (Å²) in [4.78, 5) is 13.4. The van der Waals surface area contributed by atoms with Gasteiger partial charge in [0.05, 0.1) is 4.92 Å². The fraction of sp³-hybridized carbons (Fsp3) is 0.455. The Bertz CT molecular complexity index is 788. The van der Waals surface area contributed by atoms with Gasteiger partial charge < -0.3 is 10.2 Å². The Kier molecular flexibility index (Phi) is 5.68. The van der Waals surface area contributed by atoms with Crippen LogP contribution in [-0.2, 0) is 12.0 Å². The average molecular weight is 367 g/mol. The summed E-state index contributed by atoms with van der Waals surface area (Å²) in [5.41, 5.74) is 4.29. The van der Waals surface area contributed by atoms with Gasteiger partial charge in [-0.25, -0.2) is 0 Å². The van der Waals surface area contributed by atoms with Crippen LogP contribution in [-0.4, -0.2) is 18.0 Å². The topological polar surface area (TPSA) is 58.4 Å². The second-order valence-corrected chi connectivity index (χ2v) is 8.31. The maximum absolute atomic E-state index is 11.4. The number of anilines is 2. The summed E-state index contributed by atoms with van der Waals surface area (Å²) < 4.78 is 0. The molecule has 0 saturated carbocycles. The average Bonchev–Trinajstić information content (AvgIpc) is 2.66. The molecule has 0 bridgehead atoms. The Balaban J connectivity index is 1.76. The summed E-state index contributed by atoms with van der Waals surface area (Å²) in [6.45, 7) is 9.17. The van der Waals surface area contributed by atoms with Gasteiger partial charge in [-0.2, -0.15) is 0 Å². The number of nitro benzene ring substituents is 1. The van der Waals surface area contributed by atoms with Crippen LogP contribution in [0.2, 0.25) is 0 Å². The number of nitro groups is 1. The fourth-order valence-corrected chi connectivity index (χ4v) is 3.49. The molecule has 0 unspecified atom stereocenters. The summed E-state index contributed by atoms with van der Waals surface area (Å²) in [7, 11) is 0. The number of piperidine rings is 1. The normalized spacial score (nSPS) is 14.9. The molecule has 5 nitrogen and oxygen atoms in total. The Morgan fingerprint density at radius 2 is 1.70 bits per heavy atom. The Hall–Kier alpha value is -2.56. The summed E-state index contributed by atoms with van der Waals surface area (Å²) in [6.07, 6.45) is 3.62. The largest absolute Gasteiger partial charge is 0.375 e. The molecule has 0 aromatic heterocycles. The maximum Gasteiger partial charge on any atom is 0.292 e. The maximum atomic E-state index is 11.4. The Morgan fingerprint density at radius 3 is 2.30 bits per heavy atom. The van der Waals surface area contributed by atoms with Crippen LogP contribution in [0.3, 0.4) is 0 Å². The number of nitrogens with one attached hydrogen (secondary N) is 1. The molecule has 144 valence electrons. The summed E-state index contributed by atoms with van der Waals surface area (Å²) in [5, 5.41) is 14.7. The van der Waals surface area contributed by atoms with E-state index in [1.54, 1.807) is 6.07 Å². The SMILES string of the molecule is CC(C)(C)c1ccc(CNc2cc(N3CCCCC3)ccc2[N+](=O)[O-])cc1. The van der Waals surface area contributed by atoms with Gasteiger partial charge >= 0.3 is 0 Å². The van der Waals surface area contributed by atoms with Gasteiger partial charge in [0, 0.05) is 31.4 Å². The lowest BCUT2D eigenvalue weighted by molar-refractivity contribution is -0.384. The minimum atomic E-state index is -0.314. The van der Waals surface area contributed by atoms with Gasteiger partial charge in [0.25, 0.3) is 5.69 Å². The van der Waals surface area contributed by atoms with Gasteiger partial charge in [0.15, 0.2) is 0 Å². The highest BCUT2D eigenvalue weighted by Crippen LogP contribution is 2.31. The fourth-order valence-electron chi connectivity index (χ4n) is 3.49. The van der Waals surface area contributed by atoms with Gasteiger partial charge in [-0.15, -0.1) is 0 Å². The number of rotatable bonds is 5. The lowest BCUT2D eigenvalue weighted by Gasteiger charge is -2.29. The number of benzene rings is 2. The number of hydrogen-bond donors (Lipinski definition) is 1. The first-order valence-corrected chi connectivity index (χ1v) is 9.71. The molecule has 2 aromatic rings. The van der Waals surface area contributed by atoms with Crippen LogP contribution in [0.1, 0.15) is 51.2 Å². The van der Waals surface area contributed by atoms with Crippen LogP contribution in [0.25, 0.3) is 0 Å². The van der Waals surface area contributed by atoms with Crippen molar-refractivity contribution in [1.29, 1.82) is 0 Å². The molecule has 0 atom stereocenters. The smallest absolute Gasteiger partial charge is 0.292 e. The molecule has 1 saturated heterocycles. The third kappa shape index (κ3) is 4.79. The molecule has 27 heavy (non-hydrogen) atoms. The van der Waals surface area contributed by atoms with Gasteiger partial charge in [-0.1, -0.05) is 45.0 Å². The second-order valence-electron chi connectivity index (χ2n) is 8.31. The zero-order valence-corrected chi connectivity index (χ0v) is 16.5. The first-order chi connectivity index (χ1) is 12.8. The van der Waals surface area contributed by atoms with E-state index in [2.05, 4.69) is 55.3 Å². The molecule has 3 rings (SSSR count). The molecule has 1 heterocycles. The van der Waals surface area contributed by atoms with Crippen molar-refractivity contribution in [3.05, 3.63) is 63.7 Å². The predicted octanol–water partition coefficient (Wildman–Crippen LogP) is 5.49. The second kappa shape index (κ2) is 7.99. The van der Waals surface area contributed by atoms with Crippen molar-refractivity contribution in [3.63, 3.8) is 0 Å². The standard InChI is InChI=1S/C22H29N3O2/c1-22(2,3)18-9-7-17(8-10-18)16-23-20-15-19(11-12-21(20)25(26)27)24-13-5-4-6-14-24/h7-12,15,23H,4-6,13-14,16H2,1-3H3. The summed E-state index contributed by atoms with van der Waals surface area (Å²) in [5.74, 6) is 0. The van der Waals surface area contributed by atoms with Crippen molar-refractivity contribution in [3.8, 4) is 0 Å². The van der Waals surface area contributed by atoms with E-state index in [-0.39, 0.29) is 16.0 Å². The van der Waals surface area contributed by atoms with Crippen molar-refractivity contribution in [2.75, 3.05) is 23.3 Å². The lowest BCUT2D eigenvalue weighted by atomic mass is 9.87. The Labute approximate surface area is 161 Å². The minimum Gasteiger partial charge on any atom is -0.375 e. The zero-order chi connectivity index (χ0) is 19.4. The van der Waals surface area contributed by atoms with Crippen LogP contribution in [0.15, 0.2) is 42.5 Å². The van der Waals surface area contributed by atoms with E-state index >= 15 is 0 Å². The van der Waals surface area contributed by atoms with E-state index in [0.29, 0.717) is 12.2 Å². The molecule has 1 aliphatic rings. The van der Waals surface area contributed by atoms with Crippen molar-refractivity contribution < 1.29 is 4.92 Å². The molecule has 1 fully saturated rings. The van der Waals surface area contributed by atoms with Crippen molar-refractivity contribution in [2.24, 2.45) is 0 Å². The van der Waals surface area contributed by atoms with Gasteiger partial charge in [0.1, 0.15) is 5.69 Å². The number of hydrogen-bond acceptors (Lipinski definition) is 4. The first-order valence-electron chi connectivity index (χ1n) is 9.71. The predicted molar refractivity (Wildman–Crippen MR) is 112 cm³/mol. The van der Waals surface area contributed by atoms with E-state index in [1.807, 2.05) is 12.1 Å². The highest BCUT2D eigenvalue weighted by Gasteiger charge is 2.18. The van der Waals surface area contributed by atoms with Gasteiger partial charge in [-0.3, -0.25) is 10.1 Å². The number of nitrogens with zero attached hydrogens (tertiary/aromatic N) is 2. The van der Waals surface area contributed by atoms with Crippen LogP contribution >= 0.6 is 0 Å². The van der Waals surface area contributed by atoms with Crippen LogP contribution in [0.4, 0.5) is 17.1 Å². The molecule has 5 heteroatoms. The minimum absolute atomic E-state index is 0.119. The van der Waals surface area contributed by atoms with E-state index in [1.165, 1.54) is 24.8 Å². The van der Waals surface area contributed by atoms with Crippen LogP contribution < -0.4 is 10.2 Å². The molecule has 1 N–H and O–H groups in total. The third-order valence-electron chi connectivity index (χ3n) is 5.20. The molecular formula is C22H29N3O2. The molecule has 0 spiro atoms. The molecule has 0 amide bonds. The zero-order valence-electron chi connectivity index (χ0n) is 16.5. The molecule has 0 radical (unpaired) electrons. The highest BCUT2D eigenvalue weighted by atomic mass is 16.6.